The minimum Gasteiger partial charge on any atom is -0.484 e. The van der Waals surface area contributed by atoms with Gasteiger partial charge in [0, 0.05) is 6.42 Å². The van der Waals surface area contributed by atoms with Crippen LogP contribution in [0.3, 0.4) is 0 Å². The Labute approximate surface area is 229 Å². The van der Waals surface area contributed by atoms with Crippen LogP contribution < -0.4 is 18.4 Å². The average Bonchev–Trinajstić information content (AvgIpc) is 3.56. The second-order valence-electron chi connectivity index (χ2n) is 11.0. The monoisotopic (exact) mass is 556 g/mol. The van der Waals surface area contributed by atoms with Crippen LogP contribution in [0, 0.1) is 6.92 Å². The van der Waals surface area contributed by atoms with Crippen molar-refractivity contribution in [2.75, 3.05) is 20.0 Å². The predicted molar refractivity (Wildman–Crippen MR) is 147 cm³/mol. The lowest BCUT2D eigenvalue weighted by Gasteiger charge is -2.22. The van der Waals surface area contributed by atoms with Crippen LogP contribution in [0.2, 0.25) is 0 Å². The molecule has 5 rings (SSSR count). The summed E-state index contributed by atoms with van der Waals surface area (Å²) in [5.41, 5.74) is 2.94. The zero-order valence-electron chi connectivity index (χ0n) is 23.5. The summed E-state index contributed by atoms with van der Waals surface area (Å²) >= 11 is 0. The Bertz CT molecular complexity index is 1480. The Morgan fingerprint density at radius 1 is 0.923 bits per heavy atom. The SMILES string of the molecule is Cc1nc(OS(=O)(=O)c2c(C(C)C)cc(C(C)C)cc2C(C)C)c2cc(O[C@H]3CCOC3)c3c(c2n1)OCO3. The molecule has 0 spiro atoms. The first kappa shape index (κ1) is 27.5. The molecule has 2 aliphatic heterocycles. The van der Waals surface area contributed by atoms with Crippen molar-refractivity contribution in [3.63, 3.8) is 0 Å². The Kier molecular flexibility index (Phi) is 7.37. The highest BCUT2D eigenvalue weighted by molar-refractivity contribution is 7.87. The van der Waals surface area contributed by atoms with Gasteiger partial charge in [-0.3, -0.25) is 0 Å². The van der Waals surface area contributed by atoms with Crippen LogP contribution in [0.25, 0.3) is 10.9 Å². The number of hydrogen-bond donors (Lipinski definition) is 0. The third-order valence-corrected chi connectivity index (χ3v) is 8.40. The van der Waals surface area contributed by atoms with Crippen LogP contribution >= 0.6 is 0 Å². The lowest BCUT2D eigenvalue weighted by molar-refractivity contribution is 0.134. The number of rotatable bonds is 8. The molecule has 0 N–H and O–H groups in total. The van der Waals surface area contributed by atoms with Gasteiger partial charge >= 0.3 is 10.1 Å². The van der Waals surface area contributed by atoms with Gasteiger partial charge in [-0.25, -0.2) is 4.98 Å². The largest absolute Gasteiger partial charge is 0.484 e. The summed E-state index contributed by atoms with van der Waals surface area (Å²) in [6.45, 7) is 14.9. The number of benzene rings is 2. The van der Waals surface area contributed by atoms with E-state index in [9.17, 15) is 8.42 Å². The number of aryl methyl sites for hydroxylation is 1. The average molecular weight is 557 g/mol. The van der Waals surface area contributed by atoms with Gasteiger partial charge in [0.05, 0.1) is 18.6 Å². The van der Waals surface area contributed by atoms with E-state index in [1.807, 2.05) is 39.8 Å². The van der Waals surface area contributed by atoms with Crippen LogP contribution in [-0.4, -0.2) is 44.5 Å². The number of fused-ring (bicyclic) bond motifs is 3. The van der Waals surface area contributed by atoms with Crippen LogP contribution in [0.1, 0.15) is 88.2 Å². The number of nitrogens with zero attached hydrogens (tertiary/aromatic N) is 2. The zero-order chi connectivity index (χ0) is 28.1. The van der Waals surface area contributed by atoms with Crippen molar-refractivity contribution in [3.05, 3.63) is 40.7 Å². The second-order valence-corrected chi connectivity index (χ2v) is 12.5. The highest BCUT2D eigenvalue weighted by Crippen LogP contribution is 2.48. The third kappa shape index (κ3) is 5.24. The first-order chi connectivity index (χ1) is 18.5. The van der Waals surface area contributed by atoms with Crippen molar-refractivity contribution in [1.29, 1.82) is 0 Å². The molecule has 2 aromatic carbocycles. The van der Waals surface area contributed by atoms with Crippen LogP contribution in [0.4, 0.5) is 0 Å². The molecule has 10 heteroatoms. The third-order valence-electron chi connectivity index (χ3n) is 7.05. The van der Waals surface area contributed by atoms with Crippen molar-refractivity contribution in [3.8, 4) is 23.1 Å². The highest BCUT2D eigenvalue weighted by Gasteiger charge is 2.33. The fourth-order valence-electron chi connectivity index (χ4n) is 4.95. The molecule has 9 nitrogen and oxygen atoms in total. The maximum atomic E-state index is 14.1. The van der Waals surface area contributed by atoms with Gasteiger partial charge < -0.3 is 23.1 Å². The summed E-state index contributed by atoms with van der Waals surface area (Å²) in [4.78, 5) is 9.15. The summed E-state index contributed by atoms with van der Waals surface area (Å²) in [5.74, 6) is 1.64. The molecular formula is C29H36N2O7S. The van der Waals surface area contributed by atoms with E-state index in [-0.39, 0.29) is 41.4 Å². The molecule has 1 atom stereocenters. The van der Waals surface area contributed by atoms with Crippen molar-refractivity contribution < 1.29 is 31.5 Å². The summed E-state index contributed by atoms with van der Waals surface area (Å²) in [6.07, 6.45) is 0.579. The lowest BCUT2D eigenvalue weighted by atomic mass is 9.89. The Hall–Kier alpha value is -3.11. The minimum absolute atomic E-state index is 0.00120. The molecule has 210 valence electrons. The summed E-state index contributed by atoms with van der Waals surface area (Å²) < 4.78 is 57.2. The molecule has 0 amide bonds. The van der Waals surface area contributed by atoms with Gasteiger partial charge in [-0.1, -0.05) is 53.7 Å². The molecule has 3 heterocycles. The van der Waals surface area contributed by atoms with E-state index in [1.54, 1.807) is 13.0 Å². The van der Waals surface area contributed by atoms with Crippen molar-refractivity contribution in [1.82, 2.24) is 9.97 Å². The molecule has 1 aromatic heterocycles. The molecule has 39 heavy (non-hydrogen) atoms. The normalized spacial score (nSPS) is 17.1. The molecule has 1 saturated heterocycles. The molecule has 0 aliphatic carbocycles. The van der Waals surface area contributed by atoms with E-state index < -0.39 is 10.1 Å². The Balaban J connectivity index is 1.67. The highest BCUT2D eigenvalue weighted by atomic mass is 32.2. The summed E-state index contributed by atoms with van der Waals surface area (Å²) in [7, 11) is -4.29. The van der Waals surface area contributed by atoms with E-state index in [0.29, 0.717) is 47.2 Å². The first-order valence-corrected chi connectivity index (χ1v) is 14.8. The minimum atomic E-state index is -4.29. The molecule has 0 radical (unpaired) electrons. The van der Waals surface area contributed by atoms with Gasteiger partial charge in [-0.05, 0) is 47.4 Å². The number of ether oxygens (including phenoxy) is 4. The molecule has 0 saturated carbocycles. The fraction of sp³-hybridized carbons (Fsp3) is 0.517. The van der Waals surface area contributed by atoms with Gasteiger partial charge in [-0.15, -0.1) is 0 Å². The lowest BCUT2D eigenvalue weighted by Crippen LogP contribution is -2.18. The predicted octanol–water partition coefficient (Wildman–Crippen LogP) is 5.97. The topological polar surface area (TPSA) is 106 Å². The van der Waals surface area contributed by atoms with Crippen molar-refractivity contribution in [2.45, 2.75) is 83.6 Å². The van der Waals surface area contributed by atoms with E-state index in [4.69, 9.17) is 23.1 Å². The smallest absolute Gasteiger partial charge is 0.341 e. The molecule has 0 unspecified atom stereocenters. The second kappa shape index (κ2) is 10.5. The van der Waals surface area contributed by atoms with Gasteiger partial charge in [0.15, 0.2) is 11.5 Å². The van der Waals surface area contributed by atoms with Gasteiger partial charge in [0.2, 0.25) is 18.4 Å². The van der Waals surface area contributed by atoms with Crippen LogP contribution in [-0.2, 0) is 14.9 Å². The molecule has 3 aromatic rings. The van der Waals surface area contributed by atoms with E-state index in [2.05, 4.69) is 23.8 Å². The maximum absolute atomic E-state index is 14.1. The standard InChI is InChI=1S/C29H36N2O7S/c1-15(2)19-10-21(16(3)4)28(22(11-19)17(5)6)39(32,33)38-29-23-12-24(37-20-8-9-34-13-20)26-27(36-14-35-26)25(23)30-18(7)31-29/h10-12,15-17,20H,8-9,13-14H2,1-7H3/t20-/m0/s1. The molecule has 0 bridgehead atoms. The molecular weight excluding hydrogens is 520 g/mol. The summed E-state index contributed by atoms with van der Waals surface area (Å²) in [6, 6.07) is 5.63. The van der Waals surface area contributed by atoms with Gasteiger partial charge in [0.1, 0.15) is 22.3 Å². The Morgan fingerprint density at radius 3 is 2.18 bits per heavy atom. The van der Waals surface area contributed by atoms with E-state index in [1.165, 1.54) is 0 Å². The van der Waals surface area contributed by atoms with Crippen molar-refractivity contribution >= 4 is 21.0 Å². The van der Waals surface area contributed by atoms with Gasteiger partial charge in [-0.2, -0.15) is 13.4 Å². The fourth-order valence-corrected chi connectivity index (χ4v) is 6.54. The van der Waals surface area contributed by atoms with Gasteiger partial charge in [0.25, 0.3) is 0 Å². The number of aromatic nitrogens is 2. The van der Waals surface area contributed by atoms with Crippen LogP contribution in [0.15, 0.2) is 23.1 Å². The van der Waals surface area contributed by atoms with Crippen molar-refractivity contribution in [2.24, 2.45) is 0 Å². The first-order valence-electron chi connectivity index (χ1n) is 13.4. The zero-order valence-corrected chi connectivity index (χ0v) is 24.3. The van der Waals surface area contributed by atoms with Crippen LogP contribution in [0.5, 0.6) is 23.1 Å². The number of hydrogen-bond acceptors (Lipinski definition) is 9. The maximum Gasteiger partial charge on any atom is 0.341 e. The summed E-state index contributed by atoms with van der Waals surface area (Å²) in [5, 5.41) is 0.360. The quantitative estimate of drug-likeness (QED) is 0.310. The molecule has 2 aliphatic rings. The van der Waals surface area contributed by atoms with E-state index >= 15 is 0 Å². The van der Waals surface area contributed by atoms with E-state index in [0.717, 1.165) is 23.1 Å². The Morgan fingerprint density at radius 2 is 1.59 bits per heavy atom. The molecule has 1 fully saturated rings.